The van der Waals surface area contributed by atoms with Crippen LogP contribution in [-0.4, -0.2) is 13.1 Å². The maximum atomic E-state index is 6.34. The number of anilines is 2. The summed E-state index contributed by atoms with van der Waals surface area (Å²) in [7, 11) is 0. The number of halogens is 2. The van der Waals surface area contributed by atoms with Crippen molar-refractivity contribution in [2.45, 2.75) is 27.3 Å². The highest BCUT2D eigenvalue weighted by Gasteiger charge is 2.30. The van der Waals surface area contributed by atoms with E-state index in [2.05, 4.69) is 89.8 Å². The summed E-state index contributed by atoms with van der Waals surface area (Å²) in [5.74, 6) is 1.14. The predicted molar refractivity (Wildman–Crippen MR) is 145 cm³/mol. The Labute approximate surface area is 208 Å². The third kappa shape index (κ3) is 3.71. The van der Waals surface area contributed by atoms with Gasteiger partial charge in [0.25, 0.3) is 5.01 Å². The molecule has 3 nitrogen and oxygen atoms in total. The van der Waals surface area contributed by atoms with Crippen molar-refractivity contribution in [3.63, 3.8) is 0 Å². The van der Waals surface area contributed by atoms with Crippen LogP contribution in [0.4, 0.5) is 11.4 Å². The Morgan fingerprint density at radius 1 is 0.909 bits per heavy atom. The lowest BCUT2D eigenvalue weighted by Crippen LogP contribution is -2.33. The molecule has 0 unspecified atom stereocenters. The zero-order valence-corrected chi connectivity index (χ0v) is 21.3. The van der Waals surface area contributed by atoms with Crippen molar-refractivity contribution in [3.8, 4) is 0 Å². The minimum atomic E-state index is 0.586. The van der Waals surface area contributed by atoms with E-state index in [0.717, 1.165) is 36.8 Å². The van der Waals surface area contributed by atoms with E-state index in [1.807, 2.05) is 23.5 Å². The van der Waals surface area contributed by atoms with Gasteiger partial charge in [-0.05, 0) is 56.5 Å². The Hall–Kier alpha value is -2.53. The molecule has 0 fully saturated rings. The van der Waals surface area contributed by atoms with Gasteiger partial charge in [0, 0.05) is 19.2 Å². The van der Waals surface area contributed by atoms with Crippen LogP contribution in [0.2, 0.25) is 10.0 Å². The van der Waals surface area contributed by atoms with E-state index < -0.39 is 0 Å². The molecule has 1 aliphatic heterocycles. The van der Waals surface area contributed by atoms with Gasteiger partial charge in [0.2, 0.25) is 5.52 Å². The number of hydrogen-bond donors (Lipinski definition) is 0. The van der Waals surface area contributed by atoms with Crippen molar-refractivity contribution < 1.29 is 4.57 Å². The van der Waals surface area contributed by atoms with Gasteiger partial charge >= 0.3 is 0 Å². The molecule has 0 radical (unpaired) electrons. The van der Waals surface area contributed by atoms with Crippen LogP contribution in [0.1, 0.15) is 25.8 Å². The molecule has 0 bridgehead atoms. The zero-order chi connectivity index (χ0) is 23.1. The molecule has 1 aliphatic rings. The number of nitrogens with zero attached hydrogens (tertiary/aromatic N) is 3. The van der Waals surface area contributed by atoms with Gasteiger partial charge in [0.1, 0.15) is 17.1 Å². The summed E-state index contributed by atoms with van der Waals surface area (Å²) in [6, 6.07) is 17.0. The molecule has 3 aromatic carbocycles. The number of allylic oxidation sites excluding steroid dienone is 2. The molecule has 6 heteroatoms. The van der Waals surface area contributed by atoms with Gasteiger partial charge < -0.3 is 9.80 Å². The quantitative estimate of drug-likeness (QED) is 0.261. The minimum absolute atomic E-state index is 0.586. The number of hydrogen-bond acceptors (Lipinski definition) is 3. The molecule has 0 aliphatic carbocycles. The molecular weight excluding hydrogens is 469 g/mol. The van der Waals surface area contributed by atoms with Gasteiger partial charge in [0.05, 0.1) is 26.8 Å². The Morgan fingerprint density at radius 2 is 1.58 bits per heavy atom. The van der Waals surface area contributed by atoms with Crippen LogP contribution in [0, 0.1) is 0 Å². The van der Waals surface area contributed by atoms with E-state index >= 15 is 0 Å². The Morgan fingerprint density at radius 3 is 2.21 bits per heavy atom. The molecular formula is C27H26Cl2N3S+. The minimum Gasteiger partial charge on any atom is -0.326 e. The van der Waals surface area contributed by atoms with Crippen LogP contribution in [0.15, 0.2) is 66.5 Å². The standard InChI is InChI=1S/C27H26Cl2N3S/c1-4-30-22-16-20(28)21(29)17-23(22)31(5-2)25(30)12-9-13-26-32(6-3)27-19-11-8-7-10-18(19)14-15-24(27)33-26/h7-17H,4-6H2,1-3H3/q+1. The van der Waals surface area contributed by atoms with Crippen molar-refractivity contribution in [1.82, 2.24) is 0 Å². The van der Waals surface area contributed by atoms with Crippen LogP contribution in [0.25, 0.3) is 27.1 Å². The Kier molecular flexibility index (Phi) is 6.09. The van der Waals surface area contributed by atoms with Crippen molar-refractivity contribution >= 4 is 73.0 Å². The number of aromatic nitrogens is 1. The summed E-state index contributed by atoms with van der Waals surface area (Å²) >= 11 is 14.5. The summed E-state index contributed by atoms with van der Waals surface area (Å²) in [5, 5.41) is 5.00. The van der Waals surface area contributed by atoms with E-state index in [1.54, 1.807) is 0 Å². The summed E-state index contributed by atoms with van der Waals surface area (Å²) in [6.07, 6.45) is 6.58. The van der Waals surface area contributed by atoms with Crippen LogP contribution in [-0.2, 0) is 6.54 Å². The first-order valence-electron chi connectivity index (χ1n) is 11.3. The fourth-order valence-electron chi connectivity index (χ4n) is 4.72. The van der Waals surface area contributed by atoms with Gasteiger partial charge in [-0.25, -0.2) is 0 Å². The van der Waals surface area contributed by atoms with Crippen LogP contribution < -0.4 is 14.4 Å². The van der Waals surface area contributed by atoms with E-state index in [-0.39, 0.29) is 0 Å². The fraction of sp³-hybridized carbons (Fsp3) is 0.222. The van der Waals surface area contributed by atoms with Crippen molar-refractivity contribution in [1.29, 1.82) is 0 Å². The zero-order valence-electron chi connectivity index (χ0n) is 19.0. The van der Waals surface area contributed by atoms with E-state index in [4.69, 9.17) is 23.2 Å². The average Bonchev–Trinajstić information content (AvgIpc) is 3.33. The third-order valence-electron chi connectivity index (χ3n) is 6.20. The molecule has 1 aromatic heterocycles. The second kappa shape index (κ2) is 9.02. The highest BCUT2D eigenvalue weighted by Crippen LogP contribution is 2.45. The van der Waals surface area contributed by atoms with Crippen molar-refractivity contribution in [2.24, 2.45) is 0 Å². The predicted octanol–water partition coefficient (Wildman–Crippen LogP) is 7.89. The normalized spacial score (nSPS) is 13.7. The third-order valence-corrected chi connectivity index (χ3v) is 8.04. The lowest BCUT2D eigenvalue weighted by Gasteiger charge is -2.23. The summed E-state index contributed by atoms with van der Waals surface area (Å²) < 4.78 is 3.72. The molecule has 168 valence electrons. The summed E-state index contributed by atoms with van der Waals surface area (Å²) in [5.41, 5.74) is 3.52. The van der Waals surface area contributed by atoms with Gasteiger partial charge in [0.15, 0.2) is 0 Å². The smallest absolute Gasteiger partial charge is 0.262 e. The van der Waals surface area contributed by atoms with Gasteiger partial charge in [-0.1, -0.05) is 64.9 Å². The lowest BCUT2D eigenvalue weighted by molar-refractivity contribution is -0.664. The molecule has 4 aromatic rings. The highest BCUT2D eigenvalue weighted by atomic mass is 35.5. The van der Waals surface area contributed by atoms with Gasteiger partial charge in [-0.3, -0.25) is 0 Å². The van der Waals surface area contributed by atoms with Gasteiger partial charge in [-0.2, -0.15) is 4.57 Å². The van der Waals surface area contributed by atoms with E-state index in [0.29, 0.717) is 10.0 Å². The first kappa shape index (κ1) is 22.3. The lowest BCUT2D eigenvalue weighted by atomic mass is 10.1. The fourth-order valence-corrected chi connectivity index (χ4v) is 6.19. The summed E-state index contributed by atoms with van der Waals surface area (Å²) in [6.45, 7) is 9.16. The van der Waals surface area contributed by atoms with E-state index in [1.165, 1.54) is 26.0 Å². The summed E-state index contributed by atoms with van der Waals surface area (Å²) in [4.78, 5) is 4.58. The molecule has 0 spiro atoms. The molecule has 2 heterocycles. The maximum absolute atomic E-state index is 6.34. The maximum Gasteiger partial charge on any atom is 0.262 e. The van der Waals surface area contributed by atoms with Crippen LogP contribution in [0.3, 0.4) is 0 Å². The second-order valence-electron chi connectivity index (χ2n) is 7.95. The van der Waals surface area contributed by atoms with Gasteiger partial charge in [-0.15, -0.1) is 0 Å². The molecule has 5 rings (SSSR count). The van der Waals surface area contributed by atoms with Crippen molar-refractivity contribution in [3.05, 3.63) is 81.6 Å². The molecule has 0 saturated carbocycles. The molecule has 0 saturated heterocycles. The average molecular weight is 495 g/mol. The SMILES string of the molecule is CCN1C(=C/C=C/c2sc3ccc4ccccc4c3[n+]2CC)N(CC)c2cc(Cl)c(Cl)cc21. The number of thiazole rings is 1. The number of rotatable bonds is 5. The van der Waals surface area contributed by atoms with E-state index in [9.17, 15) is 0 Å². The largest absolute Gasteiger partial charge is 0.326 e. The molecule has 0 amide bonds. The first-order valence-corrected chi connectivity index (χ1v) is 12.9. The highest BCUT2D eigenvalue weighted by molar-refractivity contribution is 7.19. The first-order chi connectivity index (χ1) is 16.1. The second-order valence-corrected chi connectivity index (χ2v) is 9.82. The monoisotopic (exact) mass is 494 g/mol. The molecule has 33 heavy (non-hydrogen) atoms. The number of fused-ring (bicyclic) bond motifs is 4. The Bertz CT molecular complexity index is 1380. The van der Waals surface area contributed by atoms with Crippen LogP contribution in [0.5, 0.6) is 0 Å². The molecule has 0 N–H and O–H groups in total. The number of benzene rings is 3. The Balaban J connectivity index is 1.57. The molecule has 0 atom stereocenters. The van der Waals surface area contributed by atoms with Crippen molar-refractivity contribution in [2.75, 3.05) is 22.9 Å². The van der Waals surface area contributed by atoms with Crippen LogP contribution >= 0.6 is 34.5 Å². The topological polar surface area (TPSA) is 10.4 Å². The number of aryl methyl sites for hydroxylation is 1.